The second-order valence-corrected chi connectivity index (χ2v) is 5.85. The number of nitrogens with zero attached hydrogens (tertiary/aromatic N) is 2. The van der Waals surface area contributed by atoms with Crippen LogP contribution in [0.5, 0.6) is 0 Å². The number of thiazole rings is 1. The maximum Gasteiger partial charge on any atom is 0.271 e. The molecule has 1 heterocycles. The van der Waals surface area contributed by atoms with E-state index in [0.717, 1.165) is 10.6 Å². The fourth-order valence-corrected chi connectivity index (χ4v) is 2.46. The minimum atomic E-state index is -0.232. The van der Waals surface area contributed by atoms with Gasteiger partial charge in [-0.15, -0.1) is 11.3 Å². The van der Waals surface area contributed by atoms with Gasteiger partial charge in [0.1, 0.15) is 10.7 Å². The normalized spacial score (nSPS) is 10.3. The first kappa shape index (κ1) is 16.1. The highest BCUT2D eigenvalue weighted by molar-refractivity contribution is 7.09. The fraction of sp³-hybridized carbons (Fsp3) is 0.267. The molecule has 0 aliphatic heterocycles. The topological polar surface area (TPSA) is 88.3 Å². The molecule has 22 heavy (non-hydrogen) atoms. The molecule has 0 saturated carbocycles. The monoisotopic (exact) mass is 318 g/mol. The Morgan fingerprint density at radius 2 is 1.95 bits per heavy atom. The van der Waals surface area contributed by atoms with Gasteiger partial charge in [-0.2, -0.15) is 0 Å². The summed E-state index contributed by atoms with van der Waals surface area (Å²) in [6.45, 7) is 0.712. The molecule has 0 aliphatic rings. The van der Waals surface area contributed by atoms with Crippen molar-refractivity contribution in [1.29, 1.82) is 0 Å². The van der Waals surface area contributed by atoms with Gasteiger partial charge in [0.2, 0.25) is 0 Å². The molecule has 0 fully saturated rings. The summed E-state index contributed by atoms with van der Waals surface area (Å²) >= 11 is 1.37. The number of carbonyl (C=O) groups excluding carboxylic acids is 2. The minimum Gasteiger partial charge on any atom is -0.347 e. The van der Waals surface area contributed by atoms with E-state index in [1.54, 1.807) is 31.6 Å². The highest BCUT2D eigenvalue weighted by Crippen LogP contribution is 2.10. The van der Waals surface area contributed by atoms with E-state index in [4.69, 9.17) is 5.73 Å². The van der Waals surface area contributed by atoms with Crippen LogP contribution >= 0.6 is 11.3 Å². The highest BCUT2D eigenvalue weighted by atomic mass is 32.1. The molecule has 3 N–H and O–H groups in total. The van der Waals surface area contributed by atoms with Crippen molar-refractivity contribution < 1.29 is 9.59 Å². The Bertz CT molecular complexity index is 664. The molecule has 1 aromatic heterocycles. The number of hydrogen-bond donors (Lipinski definition) is 2. The van der Waals surface area contributed by atoms with Crippen molar-refractivity contribution in [2.75, 3.05) is 14.1 Å². The smallest absolute Gasteiger partial charge is 0.271 e. The van der Waals surface area contributed by atoms with Crippen LogP contribution in [0.1, 0.15) is 31.4 Å². The Hall–Kier alpha value is -2.25. The average molecular weight is 318 g/mol. The molecule has 116 valence electrons. The first-order chi connectivity index (χ1) is 10.5. The van der Waals surface area contributed by atoms with Crippen molar-refractivity contribution in [1.82, 2.24) is 15.2 Å². The van der Waals surface area contributed by atoms with Crippen molar-refractivity contribution in [2.24, 2.45) is 5.73 Å². The minimum absolute atomic E-state index is 0.0487. The maximum atomic E-state index is 11.9. The molecule has 0 aliphatic carbocycles. The molecule has 0 saturated heterocycles. The van der Waals surface area contributed by atoms with Gasteiger partial charge >= 0.3 is 0 Å². The predicted molar refractivity (Wildman–Crippen MR) is 85.6 cm³/mol. The second kappa shape index (κ2) is 7.15. The summed E-state index contributed by atoms with van der Waals surface area (Å²) in [6, 6.07) is 7.14. The summed E-state index contributed by atoms with van der Waals surface area (Å²) in [7, 11) is 3.42. The van der Waals surface area contributed by atoms with Gasteiger partial charge < -0.3 is 16.0 Å². The van der Waals surface area contributed by atoms with E-state index in [-0.39, 0.29) is 11.8 Å². The third-order valence-corrected chi connectivity index (χ3v) is 3.89. The van der Waals surface area contributed by atoms with E-state index >= 15 is 0 Å². The summed E-state index contributed by atoms with van der Waals surface area (Å²) < 4.78 is 0. The zero-order valence-electron chi connectivity index (χ0n) is 12.5. The van der Waals surface area contributed by atoms with E-state index in [9.17, 15) is 9.59 Å². The molecule has 2 rings (SSSR count). The lowest BCUT2D eigenvalue weighted by atomic mass is 10.1. The summed E-state index contributed by atoms with van der Waals surface area (Å²) in [4.78, 5) is 29.4. The molecule has 0 atom stereocenters. The van der Waals surface area contributed by atoms with Crippen molar-refractivity contribution in [2.45, 2.75) is 13.1 Å². The van der Waals surface area contributed by atoms with Crippen LogP contribution in [-0.4, -0.2) is 35.8 Å². The lowest BCUT2D eigenvalue weighted by Crippen LogP contribution is -2.23. The van der Waals surface area contributed by atoms with Gasteiger partial charge in [0.05, 0.1) is 0 Å². The van der Waals surface area contributed by atoms with Gasteiger partial charge in [0.15, 0.2) is 0 Å². The molecule has 1 aromatic carbocycles. The first-order valence-corrected chi connectivity index (χ1v) is 7.62. The molecule has 0 radical (unpaired) electrons. The van der Waals surface area contributed by atoms with E-state index < -0.39 is 0 Å². The number of rotatable bonds is 5. The summed E-state index contributed by atoms with van der Waals surface area (Å²) in [5, 5.41) is 5.22. The average Bonchev–Trinajstić information content (AvgIpc) is 3.01. The molecule has 0 unspecified atom stereocenters. The molecular formula is C15H18N4O2S. The molecule has 2 amide bonds. The van der Waals surface area contributed by atoms with Crippen LogP contribution in [0.4, 0.5) is 0 Å². The van der Waals surface area contributed by atoms with Crippen molar-refractivity contribution >= 4 is 23.2 Å². The Balaban J connectivity index is 1.94. The largest absolute Gasteiger partial charge is 0.347 e. The van der Waals surface area contributed by atoms with E-state index in [1.165, 1.54) is 16.2 Å². The number of nitrogens with one attached hydrogen (secondary N) is 1. The standard InChI is InChI=1S/C15H18N4O2S/c1-19(2)15(21)11-5-3-10(4-6-11)8-17-14(20)12-9-22-13(7-16)18-12/h3-6,9H,7-8,16H2,1-2H3,(H,17,20). The number of carbonyl (C=O) groups is 2. The van der Waals surface area contributed by atoms with Gasteiger partial charge in [0.25, 0.3) is 11.8 Å². The summed E-state index contributed by atoms with van der Waals surface area (Å²) in [6.07, 6.45) is 0. The van der Waals surface area contributed by atoms with Gasteiger partial charge in [0, 0.05) is 38.1 Å². The van der Waals surface area contributed by atoms with Gasteiger partial charge in [-0.05, 0) is 17.7 Å². The van der Waals surface area contributed by atoms with Gasteiger partial charge in [-0.3, -0.25) is 9.59 Å². The Kier molecular flexibility index (Phi) is 5.24. The van der Waals surface area contributed by atoms with Crippen LogP contribution in [-0.2, 0) is 13.1 Å². The third kappa shape index (κ3) is 3.90. The number of hydrogen-bond acceptors (Lipinski definition) is 5. The molecule has 0 bridgehead atoms. The van der Waals surface area contributed by atoms with Gasteiger partial charge in [-0.25, -0.2) is 4.98 Å². The van der Waals surface area contributed by atoms with Gasteiger partial charge in [-0.1, -0.05) is 12.1 Å². The SMILES string of the molecule is CN(C)C(=O)c1ccc(CNC(=O)c2csc(CN)n2)cc1. The Labute approximate surface area is 133 Å². The molecular weight excluding hydrogens is 300 g/mol. The molecule has 7 heteroatoms. The number of nitrogens with two attached hydrogens (primary N) is 1. The van der Waals surface area contributed by atoms with Crippen molar-refractivity contribution in [3.05, 3.63) is 51.5 Å². The van der Waals surface area contributed by atoms with Crippen molar-refractivity contribution in [3.63, 3.8) is 0 Å². The second-order valence-electron chi connectivity index (χ2n) is 4.91. The summed E-state index contributed by atoms with van der Waals surface area (Å²) in [5.74, 6) is -0.281. The molecule has 6 nitrogen and oxygen atoms in total. The van der Waals surface area contributed by atoms with Crippen LogP contribution in [0.25, 0.3) is 0 Å². The Morgan fingerprint density at radius 1 is 1.27 bits per heavy atom. The summed E-state index contributed by atoms with van der Waals surface area (Å²) in [5.41, 5.74) is 7.39. The third-order valence-electron chi connectivity index (χ3n) is 3.02. The predicted octanol–water partition coefficient (Wildman–Crippen LogP) is 1.23. The quantitative estimate of drug-likeness (QED) is 0.868. The van der Waals surface area contributed by atoms with Crippen LogP contribution < -0.4 is 11.1 Å². The number of benzene rings is 1. The first-order valence-electron chi connectivity index (χ1n) is 6.74. The lowest BCUT2D eigenvalue weighted by molar-refractivity contribution is 0.0827. The van der Waals surface area contributed by atoms with Crippen molar-refractivity contribution in [3.8, 4) is 0 Å². The Morgan fingerprint density at radius 3 is 2.50 bits per heavy atom. The molecule has 0 spiro atoms. The lowest BCUT2D eigenvalue weighted by Gasteiger charge is -2.10. The van der Waals surface area contributed by atoms with E-state index in [0.29, 0.717) is 24.3 Å². The maximum absolute atomic E-state index is 11.9. The number of aromatic nitrogens is 1. The number of amides is 2. The highest BCUT2D eigenvalue weighted by Gasteiger charge is 2.10. The zero-order chi connectivity index (χ0) is 16.1. The van der Waals surface area contributed by atoms with Crippen LogP contribution in [0.3, 0.4) is 0 Å². The van der Waals surface area contributed by atoms with Crippen LogP contribution in [0, 0.1) is 0 Å². The van der Waals surface area contributed by atoms with Crippen LogP contribution in [0.15, 0.2) is 29.6 Å². The van der Waals surface area contributed by atoms with E-state index in [2.05, 4.69) is 10.3 Å². The molecule has 2 aromatic rings. The fourth-order valence-electron chi connectivity index (χ4n) is 1.81. The van der Waals surface area contributed by atoms with Crippen LogP contribution in [0.2, 0.25) is 0 Å². The zero-order valence-corrected chi connectivity index (χ0v) is 13.3. The van der Waals surface area contributed by atoms with E-state index in [1.807, 2.05) is 12.1 Å².